The van der Waals surface area contributed by atoms with E-state index in [2.05, 4.69) is 13.8 Å². The van der Waals surface area contributed by atoms with Crippen molar-refractivity contribution in [3.05, 3.63) is 0 Å². The molecule has 0 aliphatic rings. The van der Waals surface area contributed by atoms with Crippen LogP contribution in [0.2, 0.25) is 0 Å². The molecule has 0 radical (unpaired) electrons. The van der Waals surface area contributed by atoms with Crippen LogP contribution in [0, 0.1) is 5.92 Å². The normalized spacial score (nSPS) is 16.4. The molecule has 0 bridgehead atoms. The summed E-state index contributed by atoms with van der Waals surface area (Å²) in [4.78, 5) is 0. The number of ether oxygens (including phenoxy) is 2. The summed E-state index contributed by atoms with van der Waals surface area (Å²) in [6, 6.07) is 0. The van der Waals surface area contributed by atoms with Gasteiger partial charge in [-0.3, -0.25) is 0 Å². The van der Waals surface area contributed by atoms with Crippen LogP contribution in [0.15, 0.2) is 0 Å². The molecule has 2 nitrogen and oxygen atoms in total. The first kappa shape index (κ1) is 10.9. The van der Waals surface area contributed by atoms with Crippen molar-refractivity contribution in [3.8, 4) is 0 Å². The topological polar surface area (TPSA) is 18.5 Å². The van der Waals surface area contributed by atoms with Gasteiger partial charge in [-0.25, -0.2) is 0 Å². The van der Waals surface area contributed by atoms with E-state index in [1.807, 2.05) is 0 Å². The first-order valence-corrected chi connectivity index (χ1v) is 4.28. The van der Waals surface area contributed by atoms with E-state index in [0.29, 0.717) is 12.0 Å². The molecule has 0 heterocycles. The predicted molar refractivity (Wildman–Crippen MR) is 46.7 cm³/mol. The van der Waals surface area contributed by atoms with Crippen molar-refractivity contribution < 1.29 is 9.47 Å². The lowest BCUT2D eigenvalue weighted by molar-refractivity contribution is 0.0218. The molecule has 0 rings (SSSR count). The maximum absolute atomic E-state index is 5.24. The van der Waals surface area contributed by atoms with E-state index in [1.54, 1.807) is 14.2 Å². The van der Waals surface area contributed by atoms with Crippen LogP contribution >= 0.6 is 0 Å². The van der Waals surface area contributed by atoms with Crippen LogP contribution in [-0.4, -0.2) is 26.9 Å². The van der Waals surface area contributed by atoms with E-state index in [4.69, 9.17) is 9.47 Å². The molecular weight excluding hydrogens is 140 g/mol. The maximum Gasteiger partial charge on any atom is 0.0593 e. The van der Waals surface area contributed by atoms with E-state index >= 15 is 0 Å². The molecule has 0 aromatic carbocycles. The Hall–Kier alpha value is -0.0800. The summed E-state index contributed by atoms with van der Waals surface area (Å²) < 4.78 is 10.3. The summed E-state index contributed by atoms with van der Waals surface area (Å²) in [6.07, 6.45) is 2.69. The van der Waals surface area contributed by atoms with Gasteiger partial charge in [-0.1, -0.05) is 13.3 Å². The standard InChI is InChI=1S/C9H20O2/c1-5-6-9(7-10-3)8(2)11-4/h8-9H,5-7H2,1-4H3. The van der Waals surface area contributed by atoms with Gasteiger partial charge in [0.2, 0.25) is 0 Å². The Bertz CT molecular complexity index is 77.6. The van der Waals surface area contributed by atoms with Gasteiger partial charge < -0.3 is 9.47 Å². The highest BCUT2D eigenvalue weighted by Crippen LogP contribution is 2.13. The molecule has 0 aromatic rings. The van der Waals surface area contributed by atoms with Crippen molar-refractivity contribution >= 4 is 0 Å². The molecule has 11 heavy (non-hydrogen) atoms. The third kappa shape index (κ3) is 4.38. The zero-order valence-corrected chi connectivity index (χ0v) is 8.09. The van der Waals surface area contributed by atoms with Crippen LogP contribution in [0.3, 0.4) is 0 Å². The molecule has 0 aromatic heterocycles. The fourth-order valence-electron chi connectivity index (χ4n) is 1.23. The third-order valence-corrected chi connectivity index (χ3v) is 2.08. The van der Waals surface area contributed by atoms with Gasteiger partial charge in [-0.2, -0.15) is 0 Å². The fraction of sp³-hybridized carbons (Fsp3) is 1.00. The van der Waals surface area contributed by atoms with Gasteiger partial charge in [0.05, 0.1) is 12.7 Å². The predicted octanol–water partition coefficient (Wildman–Crippen LogP) is 2.08. The SMILES string of the molecule is CCCC(COC)C(C)OC. The lowest BCUT2D eigenvalue weighted by Gasteiger charge is -2.21. The van der Waals surface area contributed by atoms with E-state index in [1.165, 1.54) is 12.8 Å². The Morgan fingerprint density at radius 1 is 1.27 bits per heavy atom. The summed E-state index contributed by atoms with van der Waals surface area (Å²) in [5.41, 5.74) is 0. The minimum absolute atomic E-state index is 0.315. The van der Waals surface area contributed by atoms with E-state index in [9.17, 15) is 0 Å². The van der Waals surface area contributed by atoms with Gasteiger partial charge in [0.25, 0.3) is 0 Å². The second kappa shape index (κ2) is 6.62. The summed E-state index contributed by atoms with van der Waals surface area (Å²) in [5.74, 6) is 0.551. The van der Waals surface area contributed by atoms with Crippen molar-refractivity contribution in [2.24, 2.45) is 5.92 Å². The van der Waals surface area contributed by atoms with Crippen LogP contribution in [0.5, 0.6) is 0 Å². The fourth-order valence-corrected chi connectivity index (χ4v) is 1.23. The van der Waals surface area contributed by atoms with E-state index in [0.717, 1.165) is 6.61 Å². The summed E-state index contributed by atoms with van der Waals surface area (Å²) in [6.45, 7) is 5.09. The van der Waals surface area contributed by atoms with Gasteiger partial charge in [0, 0.05) is 20.1 Å². The highest BCUT2D eigenvalue weighted by atomic mass is 16.5. The highest BCUT2D eigenvalue weighted by molar-refractivity contribution is 4.64. The number of rotatable bonds is 6. The lowest BCUT2D eigenvalue weighted by Crippen LogP contribution is -2.23. The molecular formula is C9H20O2. The van der Waals surface area contributed by atoms with Crippen molar-refractivity contribution in [3.63, 3.8) is 0 Å². The molecule has 0 aliphatic carbocycles. The zero-order valence-electron chi connectivity index (χ0n) is 8.09. The average Bonchev–Trinajstić information content (AvgIpc) is 2.03. The summed E-state index contributed by atoms with van der Waals surface area (Å²) in [5, 5.41) is 0. The Balaban J connectivity index is 3.66. The van der Waals surface area contributed by atoms with Gasteiger partial charge >= 0.3 is 0 Å². The second-order valence-corrected chi connectivity index (χ2v) is 2.94. The van der Waals surface area contributed by atoms with Crippen molar-refractivity contribution in [2.45, 2.75) is 32.8 Å². The molecule has 2 atom stereocenters. The molecule has 0 N–H and O–H groups in total. The zero-order chi connectivity index (χ0) is 8.69. The van der Waals surface area contributed by atoms with Crippen LogP contribution < -0.4 is 0 Å². The molecule has 2 heteroatoms. The van der Waals surface area contributed by atoms with Gasteiger partial charge in [0.1, 0.15) is 0 Å². The number of methoxy groups -OCH3 is 2. The van der Waals surface area contributed by atoms with Gasteiger partial charge in [-0.15, -0.1) is 0 Å². The molecule has 0 saturated carbocycles. The summed E-state index contributed by atoms with van der Waals surface area (Å²) >= 11 is 0. The monoisotopic (exact) mass is 160 g/mol. The smallest absolute Gasteiger partial charge is 0.0593 e. The largest absolute Gasteiger partial charge is 0.384 e. The van der Waals surface area contributed by atoms with E-state index < -0.39 is 0 Å². The van der Waals surface area contributed by atoms with Crippen molar-refractivity contribution in [2.75, 3.05) is 20.8 Å². The lowest BCUT2D eigenvalue weighted by atomic mass is 9.99. The molecule has 0 amide bonds. The maximum atomic E-state index is 5.24. The first-order chi connectivity index (χ1) is 5.26. The Morgan fingerprint density at radius 2 is 1.91 bits per heavy atom. The van der Waals surface area contributed by atoms with Crippen molar-refractivity contribution in [1.82, 2.24) is 0 Å². The Kier molecular flexibility index (Phi) is 6.57. The molecule has 0 spiro atoms. The minimum atomic E-state index is 0.315. The molecule has 0 saturated heterocycles. The van der Waals surface area contributed by atoms with Gasteiger partial charge in [-0.05, 0) is 13.3 Å². The Labute approximate surface area is 69.9 Å². The average molecular weight is 160 g/mol. The third-order valence-electron chi connectivity index (χ3n) is 2.08. The van der Waals surface area contributed by atoms with Crippen LogP contribution in [0.1, 0.15) is 26.7 Å². The van der Waals surface area contributed by atoms with Crippen LogP contribution in [0.25, 0.3) is 0 Å². The molecule has 68 valence electrons. The van der Waals surface area contributed by atoms with Crippen LogP contribution in [-0.2, 0) is 9.47 Å². The minimum Gasteiger partial charge on any atom is -0.384 e. The number of hydrogen-bond acceptors (Lipinski definition) is 2. The highest BCUT2D eigenvalue weighted by Gasteiger charge is 2.14. The second-order valence-electron chi connectivity index (χ2n) is 2.94. The summed E-state index contributed by atoms with van der Waals surface area (Å²) in [7, 11) is 3.49. The Morgan fingerprint density at radius 3 is 2.27 bits per heavy atom. The van der Waals surface area contributed by atoms with Crippen LogP contribution in [0.4, 0.5) is 0 Å². The quantitative estimate of drug-likeness (QED) is 0.592. The molecule has 0 aliphatic heterocycles. The first-order valence-electron chi connectivity index (χ1n) is 4.28. The number of hydrogen-bond donors (Lipinski definition) is 0. The van der Waals surface area contributed by atoms with Crippen molar-refractivity contribution in [1.29, 1.82) is 0 Å². The van der Waals surface area contributed by atoms with Gasteiger partial charge in [0.15, 0.2) is 0 Å². The van der Waals surface area contributed by atoms with E-state index in [-0.39, 0.29) is 0 Å². The molecule has 0 fully saturated rings. The molecule has 2 unspecified atom stereocenters.